The third-order valence-electron chi connectivity index (χ3n) is 5.27. The fraction of sp³-hybridized carbons (Fsp3) is 0.364. The zero-order chi connectivity index (χ0) is 18.6. The molecule has 2 heterocycles. The van der Waals surface area contributed by atoms with Gasteiger partial charge < -0.3 is 4.90 Å². The van der Waals surface area contributed by atoms with Crippen molar-refractivity contribution in [3.63, 3.8) is 0 Å². The van der Waals surface area contributed by atoms with E-state index >= 15 is 0 Å². The van der Waals surface area contributed by atoms with E-state index in [1.807, 2.05) is 31.3 Å². The third-order valence-corrected chi connectivity index (χ3v) is 5.27. The first-order valence-corrected chi connectivity index (χ1v) is 9.68. The number of benzene rings is 2. The van der Waals surface area contributed by atoms with Crippen molar-refractivity contribution in [3.8, 4) is 0 Å². The molecule has 5 heteroatoms. The standard InChI is InChI=1S/C22H26N4O/c1-24(17-26-22(27)20-11-5-3-9-18(20)15-23-26)16-19-10-4-6-12-21(19)25-13-7-2-8-14-25/h3-6,9-12,15H,2,7-8,13-14,16-17H2,1H3. The molecule has 140 valence electrons. The van der Waals surface area contributed by atoms with Crippen LogP contribution in [0.4, 0.5) is 5.69 Å². The molecule has 1 aliphatic rings. The monoisotopic (exact) mass is 362 g/mol. The van der Waals surface area contributed by atoms with E-state index in [-0.39, 0.29) is 5.56 Å². The Bertz CT molecular complexity index is 975. The summed E-state index contributed by atoms with van der Waals surface area (Å²) in [6.07, 6.45) is 5.63. The van der Waals surface area contributed by atoms with E-state index in [2.05, 4.69) is 39.2 Å². The SMILES string of the molecule is CN(Cc1ccccc1N1CCCCC1)Cn1ncc2ccccc2c1=O. The lowest BCUT2D eigenvalue weighted by Gasteiger charge is -2.31. The maximum atomic E-state index is 12.7. The number of aromatic nitrogens is 2. The van der Waals surface area contributed by atoms with Crippen molar-refractivity contribution in [3.05, 3.63) is 70.6 Å². The van der Waals surface area contributed by atoms with Gasteiger partial charge in [-0.05, 0) is 44.0 Å². The topological polar surface area (TPSA) is 41.4 Å². The number of piperidine rings is 1. The lowest BCUT2D eigenvalue weighted by Crippen LogP contribution is -2.33. The Morgan fingerprint density at radius 2 is 1.74 bits per heavy atom. The Morgan fingerprint density at radius 3 is 2.59 bits per heavy atom. The van der Waals surface area contributed by atoms with Crippen LogP contribution < -0.4 is 10.5 Å². The van der Waals surface area contributed by atoms with Crippen LogP contribution in [0.5, 0.6) is 0 Å². The minimum atomic E-state index is -0.0377. The number of hydrogen-bond acceptors (Lipinski definition) is 4. The van der Waals surface area contributed by atoms with Gasteiger partial charge in [0.1, 0.15) is 0 Å². The number of anilines is 1. The summed E-state index contributed by atoms with van der Waals surface area (Å²) < 4.78 is 1.55. The molecule has 0 unspecified atom stereocenters. The van der Waals surface area contributed by atoms with Gasteiger partial charge in [-0.3, -0.25) is 9.69 Å². The Hall–Kier alpha value is -2.66. The summed E-state index contributed by atoms with van der Waals surface area (Å²) in [5, 5.41) is 5.96. The summed E-state index contributed by atoms with van der Waals surface area (Å²) in [5.41, 5.74) is 2.59. The fourth-order valence-electron chi connectivity index (χ4n) is 3.89. The summed E-state index contributed by atoms with van der Waals surface area (Å²) in [7, 11) is 2.04. The van der Waals surface area contributed by atoms with Gasteiger partial charge in [-0.15, -0.1) is 0 Å². The van der Waals surface area contributed by atoms with E-state index in [9.17, 15) is 4.79 Å². The molecule has 0 bridgehead atoms. The molecular weight excluding hydrogens is 336 g/mol. The Morgan fingerprint density at radius 1 is 1.00 bits per heavy atom. The number of nitrogens with zero attached hydrogens (tertiary/aromatic N) is 4. The smallest absolute Gasteiger partial charge is 0.275 e. The molecule has 2 aromatic carbocycles. The van der Waals surface area contributed by atoms with Crippen LogP contribution in [0, 0.1) is 0 Å². The van der Waals surface area contributed by atoms with Gasteiger partial charge in [0.25, 0.3) is 5.56 Å². The molecule has 0 saturated carbocycles. The highest BCUT2D eigenvalue weighted by Gasteiger charge is 2.15. The second kappa shape index (κ2) is 7.92. The molecule has 0 aliphatic carbocycles. The van der Waals surface area contributed by atoms with Gasteiger partial charge in [0.05, 0.1) is 18.3 Å². The van der Waals surface area contributed by atoms with Gasteiger partial charge >= 0.3 is 0 Å². The second-order valence-electron chi connectivity index (χ2n) is 7.37. The van der Waals surface area contributed by atoms with Crippen LogP contribution in [0.2, 0.25) is 0 Å². The van der Waals surface area contributed by atoms with Crippen LogP contribution in [0.25, 0.3) is 10.8 Å². The van der Waals surface area contributed by atoms with Gasteiger partial charge in [-0.1, -0.05) is 36.4 Å². The number of rotatable bonds is 5. The highest BCUT2D eigenvalue weighted by Crippen LogP contribution is 2.25. The van der Waals surface area contributed by atoms with E-state index in [4.69, 9.17) is 0 Å². The maximum Gasteiger partial charge on any atom is 0.275 e. The maximum absolute atomic E-state index is 12.7. The lowest BCUT2D eigenvalue weighted by atomic mass is 10.1. The first kappa shape index (κ1) is 17.7. The van der Waals surface area contributed by atoms with Crippen LogP contribution in [-0.2, 0) is 13.2 Å². The van der Waals surface area contributed by atoms with Gasteiger partial charge in [-0.25, -0.2) is 4.68 Å². The van der Waals surface area contributed by atoms with E-state index in [0.717, 1.165) is 30.4 Å². The fourth-order valence-corrected chi connectivity index (χ4v) is 3.89. The molecule has 0 N–H and O–H groups in total. The minimum Gasteiger partial charge on any atom is -0.371 e. The normalized spacial score (nSPS) is 14.8. The van der Waals surface area contributed by atoms with Crippen LogP contribution in [0.3, 0.4) is 0 Å². The van der Waals surface area contributed by atoms with E-state index in [0.29, 0.717) is 6.67 Å². The average Bonchev–Trinajstić information content (AvgIpc) is 2.71. The minimum absolute atomic E-state index is 0.0377. The van der Waals surface area contributed by atoms with Crippen molar-refractivity contribution in [2.75, 3.05) is 25.0 Å². The van der Waals surface area contributed by atoms with Crippen molar-refractivity contribution in [1.82, 2.24) is 14.7 Å². The lowest BCUT2D eigenvalue weighted by molar-refractivity contribution is 0.241. The molecule has 1 aliphatic heterocycles. The molecule has 5 nitrogen and oxygen atoms in total. The predicted molar refractivity (Wildman–Crippen MR) is 110 cm³/mol. The van der Waals surface area contributed by atoms with Crippen molar-refractivity contribution in [1.29, 1.82) is 0 Å². The Balaban J connectivity index is 1.53. The zero-order valence-electron chi connectivity index (χ0n) is 15.8. The first-order valence-electron chi connectivity index (χ1n) is 9.68. The molecule has 0 spiro atoms. The summed E-state index contributed by atoms with van der Waals surface area (Å²) in [4.78, 5) is 17.3. The van der Waals surface area contributed by atoms with Crippen molar-refractivity contribution in [2.45, 2.75) is 32.5 Å². The second-order valence-corrected chi connectivity index (χ2v) is 7.37. The van der Waals surface area contributed by atoms with E-state index in [1.165, 1.54) is 30.5 Å². The molecule has 4 rings (SSSR count). The number of fused-ring (bicyclic) bond motifs is 1. The van der Waals surface area contributed by atoms with Crippen molar-refractivity contribution < 1.29 is 0 Å². The molecule has 1 fully saturated rings. The van der Waals surface area contributed by atoms with Crippen molar-refractivity contribution in [2.24, 2.45) is 0 Å². The average molecular weight is 362 g/mol. The summed E-state index contributed by atoms with van der Waals surface area (Å²) in [5.74, 6) is 0. The Kier molecular flexibility index (Phi) is 5.21. The quantitative estimate of drug-likeness (QED) is 0.697. The van der Waals surface area contributed by atoms with Crippen LogP contribution in [0.1, 0.15) is 24.8 Å². The van der Waals surface area contributed by atoms with Gasteiger partial charge in [0, 0.05) is 30.7 Å². The molecule has 1 aromatic heterocycles. The summed E-state index contributed by atoms with van der Waals surface area (Å²) in [6, 6.07) is 16.2. The number of para-hydroxylation sites is 1. The Labute approximate surface area is 159 Å². The predicted octanol–water partition coefficient (Wildman–Crippen LogP) is 3.48. The summed E-state index contributed by atoms with van der Waals surface area (Å²) >= 11 is 0. The van der Waals surface area contributed by atoms with Gasteiger partial charge in [0.15, 0.2) is 0 Å². The van der Waals surface area contributed by atoms with Crippen LogP contribution in [-0.4, -0.2) is 34.8 Å². The molecule has 1 saturated heterocycles. The molecule has 3 aromatic rings. The molecule has 0 radical (unpaired) electrons. The van der Waals surface area contributed by atoms with Crippen molar-refractivity contribution >= 4 is 16.5 Å². The highest BCUT2D eigenvalue weighted by molar-refractivity contribution is 5.80. The third kappa shape index (κ3) is 3.88. The molecule has 27 heavy (non-hydrogen) atoms. The number of hydrogen-bond donors (Lipinski definition) is 0. The molecule has 0 atom stereocenters. The zero-order valence-corrected chi connectivity index (χ0v) is 15.8. The molecule has 0 amide bonds. The van der Waals surface area contributed by atoms with Crippen LogP contribution >= 0.6 is 0 Å². The van der Waals surface area contributed by atoms with E-state index < -0.39 is 0 Å². The van der Waals surface area contributed by atoms with Crippen LogP contribution in [0.15, 0.2) is 59.5 Å². The first-order chi connectivity index (χ1) is 13.2. The largest absolute Gasteiger partial charge is 0.371 e. The highest BCUT2D eigenvalue weighted by atomic mass is 16.1. The summed E-state index contributed by atoms with van der Waals surface area (Å²) in [6.45, 7) is 3.52. The molecular formula is C22H26N4O. The van der Waals surface area contributed by atoms with E-state index in [1.54, 1.807) is 10.9 Å². The van der Waals surface area contributed by atoms with Gasteiger partial charge in [-0.2, -0.15) is 5.10 Å². The van der Waals surface area contributed by atoms with Gasteiger partial charge in [0.2, 0.25) is 0 Å².